The normalized spacial score (nSPS) is 9.73. The van der Waals surface area contributed by atoms with Crippen molar-refractivity contribution in [2.24, 2.45) is 5.73 Å². The third-order valence-corrected chi connectivity index (χ3v) is 1.30. The fraction of sp³-hybridized carbons (Fsp3) is 0.375. The zero-order valence-electron chi connectivity index (χ0n) is 7.14. The molecule has 0 heterocycles. The fourth-order valence-corrected chi connectivity index (χ4v) is 0.393. The number of carbonyl (C=O) groups is 1. The van der Waals surface area contributed by atoms with Gasteiger partial charge in [-0.15, -0.1) is 0 Å². The van der Waals surface area contributed by atoms with E-state index in [1.54, 1.807) is 0 Å². The van der Waals surface area contributed by atoms with Gasteiger partial charge in [-0.3, -0.25) is 4.79 Å². The van der Waals surface area contributed by atoms with Crippen LogP contribution in [0.3, 0.4) is 0 Å². The van der Waals surface area contributed by atoms with Crippen molar-refractivity contribution in [2.45, 2.75) is 20.8 Å². The minimum atomic E-state index is -0.445. The molecule has 1 amide bonds. The number of primary amides is 1. The highest BCUT2D eigenvalue weighted by Gasteiger charge is 1.86. The minimum absolute atomic E-state index is 0.445. The second-order valence-electron chi connectivity index (χ2n) is 2.51. The first-order chi connectivity index (χ1) is 5.04. The summed E-state index contributed by atoms with van der Waals surface area (Å²) < 4.78 is 0. The van der Waals surface area contributed by atoms with E-state index in [0.717, 1.165) is 5.70 Å². The summed E-state index contributed by atoms with van der Waals surface area (Å²) in [5, 5.41) is 2.91. The molecule has 62 valence electrons. The molecule has 3 nitrogen and oxygen atoms in total. The summed E-state index contributed by atoms with van der Waals surface area (Å²) in [4.78, 5) is 10.2. The molecule has 0 bridgehead atoms. The number of carbonyl (C=O) groups excluding carboxylic acids is 1. The Morgan fingerprint density at radius 1 is 1.36 bits per heavy atom. The number of hydrogen-bond acceptors (Lipinski definition) is 2. The van der Waals surface area contributed by atoms with Gasteiger partial charge in [0.15, 0.2) is 0 Å². The van der Waals surface area contributed by atoms with Crippen LogP contribution >= 0.6 is 0 Å². The molecule has 0 radical (unpaired) electrons. The Kier molecular flexibility index (Phi) is 4.03. The molecule has 0 aromatic rings. The molecule has 11 heavy (non-hydrogen) atoms. The van der Waals surface area contributed by atoms with E-state index >= 15 is 0 Å². The van der Waals surface area contributed by atoms with Gasteiger partial charge in [-0.05, 0) is 20.8 Å². The van der Waals surface area contributed by atoms with E-state index in [4.69, 9.17) is 5.73 Å². The highest BCUT2D eigenvalue weighted by molar-refractivity contribution is 5.85. The molecule has 0 aromatic carbocycles. The van der Waals surface area contributed by atoms with Crippen LogP contribution in [0, 0.1) is 0 Å². The van der Waals surface area contributed by atoms with Crippen LogP contribution in [0.15, 0.2) is 23.5 Å². The lowest BCUT2D eigenvalue weighted by atomic mass is 10.3. The van der Waals surface area contributed by atoms with E-state index in [2.05, 4.69) is 5.32 Å². The Balaban J connectivity index is 3.90. The summed E-state index contributed by atoms with van der Waals surface area (Å²) in [6, 6.07) is 0. The van der Waals surface area contributed by atoms with Crippen LogP contribution < -0.4 is 11.1 Å². The van der Waals surface area contributed by atoms with Crippen molar-refractivity contribution >= 4 is 5.91 Å². The van der Waals surface area contributed by atoms with Crippen LogP contribution in [-0.4, -0.2) is 5.91 Å². The molecule has 3 N–H and O–H groups in total. The molecule has 0 atom stereocenters. The van der Waals surface area contributed by atoms with Gasteiger partial charge in [0.05, 0.1) is 0 Å². The number of hydrogen-bond donors (Lipinski definition) is 2. The van der Waals surface area contributed by atoms with Crippen molar-refractivity contribution < 1.29 is 4.79 Å². The summed E-state index contributed by atoms with van der Waals surface area (Å²) in [5.41, 5.74) is 7.08. The van der Waals surface area contributed by atoms with Crippen LogP contribution in [0.5, 0.6) is 0 Å². The van der Waals surface area contributed by atoms with Gasteiger partial charge in [0.25, 0.3) is 0 Å². The summed E-state index contributed by atoms with van der Waals surface area (Å²) in [7, 11) is 0. The van der Waals surface area contributed by atoms with Crippen molar-refractivity contribution in [1.29, 1.82) is 0 Å². The Labute approximate surface area is 67.0 Å². The number of amides is 1. The van der Waals surface area contributed by atoms with E-state index in [1.807, 2.05) is 20.8 Å². The molecule has 0 rings (SSSR count). The Morgan fingerprint density at radius 3 is 2.27 bits per heavy atom. The fourth-order valence-electron chi connectivity index (χ4n) is 0.393. The first-order valence-electron chi connectivity index (χ1n) is 3.40. The SMILES string of the molecule is CC(C)=C(C)NC=CC(N)=O. The first kappa shape index (κ1) is 9.75. The third kappa shape index (κ3) is 5.21. The Hall–Kier alpha value is -1.25. The molecule has 0 spiro atoms. The maximum absolute atomic E-state index is 10.2. The Morgan fingerprint density at radius 2 is 1.91 bits per heavy atom. The second kappa shape index (κ2) is 4.55. The third-order valence-electron chi connectivity index (χ3n) is 1.30. The highest BCUT2D eigenvalue weighted by Crippen LogP contribution is 1.96. The van der Waals surface area contributed by atoms with Gasteiger partial charge in [0.1, 0.15) is 0 Å². The van der Waals surface area contributed by atoms with Gasteiger partial charge in [-0.2, -0.15) is 0 Å². The second-order valence-corrected chi connectivity index (χ2v) is 2.51. The standard InChI is InChI=1S/C8H14N2O/c1-6(2)7(3)10-5-4-8(9)11/h4-5,10H,1-3H3,(H2,9,11). The molecule has 0 saturated heterocycles. The van der Waals surface area contributed by atoms with Gasteiger partial charge in [-0.1, -0.05) is 5.57 Å². The summed E-state index contributed by atoms with van der Waals surface area (Å²) in [5.74, 6) is -0.445. The summed E-state index contributed by atoms with van der Waals surface area (Å²) in [6.07, 6.45) is 2.82. The molecule has 3 heteroatoms. The van der Waals surface area contributed by atoms with Crippen LogP contribution in [0.2, 0.25) is 0 Å². The number of nitrogens with two attached hydrogens (primary N) is 1. The molecular weight excluding hydrogens is 140 g/mol. The predicted molar refractivity (Wildman–Crippen MR) is 45.5 cm³/mol. The van der Waals surface area contributed by atoms with E-state index in [0.29, 0.717) is 0 Å². The average Bonchev–Trinajstić information content (AvgIpc) is 1.86. The van der Waals surface area contributed by atoms with Crippen LogP contribution in [0.4, 0.5) is 0 Å². The molecule has 0 aliphatic rings. The van der Waals surface area contributed by atoms with Crippen molar-refractivity contribution in [3.8, 4) is 0 Å². The molecular formula is C8H14N2O. The van der Waals surface area contributed by atoms with E-state index < -0.39 is 5.91 Å². The Bertz CT molecular complexity index is 200. The quantitative estimate of drug-likeness (QED) is 0.593. The minimum Gasteiger partial charge on any atom is -0.366 e. The van der Waals surface area contributed by atoms with Crippen molar-refractivity contribution in [3.63, 3.8) is 0 Å². The van der Waals surface area contributed by atoms with E-state index in [1.165, 1.54) is 17.8 Å². The maximum Gasteiger partial charge on any atom is 0.242 e. The van der Waals surface area contributed by atoms with Gasteiger partial charge in [0.2, 0.25) is 5.91 Å². The van der Waals surface area contributed by atoms with Crippen molar-refractivity contribution in [2.75, 3.05) is 0 Å². The summed E-state index contributed by atoms with van der Waals surface area (Å²) in [6.45, 7) is 5.90. The van der Waals surface area contributed by atoms with E-state index in [9.17, 15) is 4.79 Å². The predicted octanol–water partition coefficient (Wildman–Crippen LogP) is 0.889. The van der Waals surface area contributed by atoms with Crippen LogP contribution in [-0.2, 0) is 4.79 Å². The van der Waals surface area contributed by atoms with Crippen LogP contribution in [0.25, 0.3) is 0 Å². The largest absolute Gasteiger partial charge is 0.366 e. The van der Waals surface area contributed by atoms with Gasteiger partial charge in [-0.25, -0.2) is 0 Å². The topological polar surface area (TPSA) is 55.1 Å². The smallest absolute Gasteiger partial charge is 0.242 e. The zero-order chi connectivity index (χ0) is 8.85. The summed E-state index contributed by atoms with van der Waals surface area (Å²) >= 11 is 0. The average molecular weight is 154 g/mol. The lowest BCUT2D eigenvalue weighted by Crippen LogP contribution is -2.09. The molecule has 0 aliphatic heterocycles. The van der Waals surface area contributed by atoms with Gasteiger partial charge >= 0.3 is 0 Å². The van der Waals surface area contributed by atoms with E-state index in [-0.39, 0.29) is 0 Å². The molecule has 0 saturated carbocycles. The molecule has 0 aliphatic carbocycles. The number of rotatable bonds is 3. The highest BCUT2D eigenvalue weighted by atomic mass is 16.1. The van der Waals surface area contributed by atoms with Gasteiger partial charge < -0.3 is 11.1 Å². The van der Waals surface area contributed by atoms with Gasteiger partial charge in [0, 0.05) is 18.0 Å². The number of nitrogens with one attached hydrogen (secondary N) is 1. The maximum atomic E-state index is 10.2. The first-order valence-corrected chi connectivity index (χ1v) is 3.40. The molecule has 0 fully saturated rings. The lowest BCUT2D eigenvalue weighted by molar-refractivity contribution is -0.113. The zero-order valence-corrected chi connectivity index (χ0v) is 7.14. The molecule has 0 aromatic heterocycles. The monoisotopic (exact) mass is 154 g/mol. The number of allylic oxidation sites excluding steroid dienone is 2. The molecule has 0 unspecified atom stereocenters. The lowest BCUT2D eigenvalue weighted by Gasteiger charge is -2.01. The van der Waals surface area contributed by atoms with Crippen molar-refractivity contribution in [3.05, 3.63) is 23.5 Å². The van der Waals surface area contributed by atoms with Crippen molar-refractivity contribution in [1.82, 2.24) is 5.32 Å². The van der Waals surface area contributed by atoms with Crippen LogP contribution in [0.1, 0.15) is 20.8 Å².